The molecular weight excluding hydrogens is 144 g/mol. The first-order chi connectivity index (χ1) is 5.11. The van der Waals surface area contributed by atoms with Gasteiger partial charge in [0.05, 0.1) is 13.2 Å². The van der Waals surface area contributed by atoms with Gasteiger partial charge in [-0.2, -0.15) is 0 Å². The molecule has 0 bridgehead atoms. The SMILES string of the molecule is C=C(CC(O)CC)C(=O)OC. The van der Waals surface area contributed by atoms with Crippen molar-refractivity contribution in [1.29, 1.82) is 0 Å². The minimum absolute atomic E-state index is 0.295. The molecule has 0 radical (unpaired) electrons. The Bertz CT molecular complexity index is 151. The third kappa shape index (κ3) is 3.78. The third-order valence-corrected chi connectivity index (χ3v) is 1.43. The minimum Gasteiger partial charge on any atom is -0.466 e. The summed E-state index contributed by atoms with van der Waals surface area (Å²) in [5.74, 6) is -0.447. The summed E-state index contributed by atoms with van der Waals surface area (Å²) in [7, 11) is 1.30. The molecule has 3 heteroatoms. The quantitative estimate of drug-likeness (QED) is 0.488. The highest BCUT2D eigenvalue weighted by Gasteiger charge is 2.10. The predicted molar refractivity (Wildman–Crippen MR) is 42.1 cm³/mol. The van der Waals surface area contributed by atoms with Gasteiger partial charge in [0, 0.05) is 12.0 Å². The fourth-order valence-electron chi connectivity index (χ4n) is 0.656. The van der Waals surface area contributed by atoms with Crippen LogP contribution in [0, 0.1) is 0 Å². The van der Waals surface area contributed by atoms with E-state index < -0.39 is 12.1 Å². The van der Waals surface area contributed by atoms with Gasteiger partial charge in [0.15, 0.2) is 0 Å². The number of carbonyl (C=O) groups excluding carboxylic acids is 1. The molecule has 1 unspecified atom stereocenters. The lowest BCUT2D eigenvalue weighted by Gasteiger charge is -2.07. The fourth-order valence-corrected chi connectivity index (χ4v) is 0.656. The normalized spacial score (nSPS) is 12.3. The Hall–Kier alpha value is -0.830. The van der Waals surface area contributed by atoms with Crippen molar-refractivity contribution in [1.82, 2.24) is 0 Å². The van der Waals surface area contributed by atoms with Crippen molar-refractivity contribution in [2.45, 2.75) is 25.9 Å². The van der Waals surface area contributed by atoms with E-state index >= 15 is 0 Å². The highest BCUT2D eigenvalue weighted by molar-refractivity contribution is 5.87. The van der Waals surface area contributed by atoms with Crippen molar-refractivity contribution in [2.75, 3.05) is 7.11 Å². The van der Waals surface area contributed by atoms with Crippen LogP contribution in [0.15, 0.2) is 12.2 Å². The molecule has 0 aromatic carbocycles. The van der Waals surface area contributed by atoms with Gasteiger partial charge >= 0.3 is 5.97 Å². The van der Waals surface area contributed by atoms with Crippen LogP contribution in [0.25, 0.3) is 0 Å². The summed E-state index contributed by atoms with van der Waals surface area (Å²) in [5, 5.41) is 9.10. The van der Waals surface area contributed by atoms with Crippen molar-refractivity contribution in [3.8, 4) is 0 Å². The van der Waals surface area contributed by atoms with Gasteiger partial charge < -0.3 is 9.84 Å². The molecule has 0 aromatic heterocycles. The lowest BCUT2D eigenvalue weighted by molar-refractivity contribution is -0.136. The van der Waals surface area contributed by atoms with Crippen LogP contribution in [0.3, 0.4) is 0 Å². The smallest absolute Gasteiger partial charge is 0.333 e. The molecule has 0 spiro atoms. The maximum atomic E-state index is 10.7. The fraction of sp³-hybridized carbons (Fsp3) is 0.625. The lowest BCUT2D eigenvalue weighted by Crippen LogP contribution is -2.11. The molecule has 0 aliphatic carbocycles. The average molecular weight is 158 g/mol. The van der Waals surface area contributed by atoms with E-state index in [0.29, 0.717) is 18.4 Å². The predicted octanol–water partition coefficient (Wildman–Crippen LogP) is 0.877. The van der Waals surface area contributed by atoms with Gasteiger partial charge in [0.25, 0.3) is 0 Å². The first-order valence-electron chi connectivity index (χ1n) is 3.56. The van der Waals surface area contributed by atoms with Crippen molar-refractivity contribution < 1.29 is 14.6 Å². The number of carbonyl (C=O) groups is 1. The summed E-state index contributed by atoms with van der Waals surface area (Å²) >= 11 is 0. The second-order valence-electron chi connectivity index (χ2n) is 2.36. The van der Waals surface area contributed by atoms with Crippen LogP contribution in [-0.4, -0.2) is 24.3 Å². The van der Waals surface area contributed by atoms with Crippen LogP contribution >= 0.6 is 0 Å². The molecule has 0 saturated heterocycles. The second-order valence-corrected chi connectivity index (χ2v) is 2.36. The summed E-state index contributed by atoms with van der Waals surface area (Å²) in [6.07, 6.45) is 0.431. The largest absolute Gasteiger partial charge is 0.466 e. The van der Waals surface area contributed by atoms with Gasteiger partial charge in [-0.3, -0.25) is 0 Å². The summed E-state index contributed by atoms with van der Waals surface area (Å²) in [4.78, 5) is 10.7. The van der Waals surface area contributed by atoms with E-state index in [9.17, 15) is 4.79 Å². The molecule has 11 heavy (non-hydrogen) atoms. The number of methoxy groups -OCH3 is 1. The minimum atomic E-state index is -0.485. The van der Waals surface area contributed by atoms with Gasteiger partial charge in [-0.05, 0) is 6.42 Å². The summed E-state index contributed by atoms with van der Waals surface area (Å²) in [6, 6.07) is 0. The maximum absolute atomic E-state index is 10.7. The highest BCUT2D eigenvalue weighted by Crippen LogP contribution is 2.06. The van der Waals surface area contributed by atoms with Crippen LogP contribution in [0.2, 0.25) is 0 Å². The van der Waals surface area contributed by atoms with Gasteiger partial charge in [-0.1, -0.05) is 13.5 Å². The van der Waals surface area contributed by atoms with Crippen molar-refractivity contribution in [3.63, 3.8) is 0 Å². The summed E-state index contributed by atoms with van der Waals surface area (Å²) in [5.41, 5.74) is 0.321. The van der Waals surface area contributed by atoms with Gasteiger partial charge in [0.2, 0.25) is 0 Å². The van der Waals surface area contributed by atoms with Crippen LogP contribution in [0.5, 0.6) is 0 Å². The third-order valence-electron chi connectivity index (χ3n) is 1.43. The monoisotopic (exact) mass is 158 g/mol. The van der Waals surface area contributed by atoms with Crippen LogP contribution < -0.4 is 0 Å². The van der Waals surface area contributed by atoms with Gasteiger partial charge in [0.1, 0.15) is 0 Å². The summed E-state index contributed by atoms with van der Waals surface area (Å²) < 4.78 is 4.41. The zero-order chi connectivity index (χ0) is 8.85. The Kier molecular flexibility index (Phi) is 4.54. The Balaban J connectivity index is 3.77. The van der Waals surface area contributed by atoms with Crippen molar-refractivity contribution >= 4 is 5.97 Å². The first kappa shape index (κ1) is 10.2. The molecule has 0 amide bonds. The molecule has 3 nitrogen and oxygen atoms in total. The van der Waals surface area contributed by atoms with Crippen molar-refractivity contribution in [2.24, 2.45) is 0 Å². The maximum Gasteiger partial charge on any atom is 0.333 e. The number of esters is 1. The molecule has 0 saturated carbocycles. The molecule has 64 valence electrons. The number of aliphatic hydroxyl groups is 1. The Labute approximate surface area is 66.7 Å². The Morgan fingerprint density at radius 3 is 2.64 bits per heavy atom. The van der Waals surface area contributed by atoms with E-state index in [4.69, 9.17) is 5.11 Å². The van der Waals surface area contributed by atoms with E-state index in [-0.39, 0.29) is 0 Å². The number of aliphatic hydroxyl groups excluding tert-OH is 1. The molecular formula is C8H14O3. The topological polar surface area (TPSA) is 46.5 Å². The molecule has 0 aromatic rings. The number of rotatable bonds is 4. The van der Waals surface area contributed by atoms with Crippen LogP contribution in [0.4, 0.5) is 0 Å². The Morgan fingerprint density at radius 2 is 2.27 bits per heavy atom. The highest BCUT2D eigenvalue weighted by atomic mass is 16.5. The summed E-state index contributed by atoms with van der Waals surface area (Å²) in [6.45, 7) is 5.32. The first-order valence-corrected chi connectivity index (χ1v) is 3.56. The molecule has 0 heterocycles. The number of ether oxygens (including phenoxy) is 1. The van der Waals surface area contributed by atoms with E-state index in [2.05, 4.69) is 11.3 Å². The standard InChI is InChI=1S/C8H14O3/c1-4-7(9)5-6(2)8(10)11-3/h7,9H,2,4-5H2,1,3H3. The Morgan fingerprint density at radius 1 is 1.73 bits per heavy atom. The van der Waals surface area contributed by atoms with E-state index in [1.54, 1.807) is 0 Å². The van der Waals surface area contributed by atoms with E-state index in [0.717, 1.165) is 0 Å². The second kappa shape index (κ2) is 4.91. The molecule has 0 rings (SSSR count). The van der Waals surface area contributed by atoms with Crippen LogP contribution in [-0.2, 0) is 9.53 Å². The lowest BCUT2D eigenvalue weighted by atomic mass is 10.1. The molecule has 1 N–H and O–H groups in total. The number of hydrogen-bond donors (Lipinski definition) is 1. The molecule has 0 aliphatic rings. The van der Waals surface area contributed by atoms with E-state index in [1.807, 2.05) is 6.92 Å². The van der Waals surface area contributed by atoms with Crippen molar-refractivity contribution in [3.05, 3.63) is 12.2 Å². The van der Waals surface area contributed by atoms with Gasteiger partial charge in [-0.15, -0.1) is 0 Å². The molecule has 0 fully saturated rings. The molecule has 1 atom stereocenters. The van der Waals surface area contributed by atoms with E-state index in [1.165, 1.54) is 7.11 Å². The zero-order valence-corrected chi connectivity index (χ0v) is 6.96. The zero-order valence-electron chi connectivity index (χ0n) is 6.96. The average Bonchev–Trinajstić information content (AvgIpc) is 2.02. The molecule has 0 aliphatic heterocycles. The van der Waals surface area contributed by atoms with Gasteiger partial charge in [-0.25, -0.2) is 4.79 Å². The van der Waals surface area contributed by atoms with Crippen LogP contribution in [0.1, 0.15) is 19.8 Å². The number of hydrogen-bond acceptors (Lipinski definition) is 3.